The van der Waals surface area contributed by atoms with Crippen LogP contribution in [0.1, 0.15) is 26.2 Å². The number of carbonyl (C=O) groups is 1. The first-order valence-corrected chi connectivity index (χ1v) is 5.09. The van der Waals surface area contributed by atoms with Gasteiger partial charge in [-0.15, -0.1) is 0 Å². The third-order valence-electron chi connectivity index (χ3n) is 2.44. The molecule has 1 heterocycles. The highest BCUT2D eigenvalue weighted by Crippen LogP contribution is 2.16. The van der Waals surface area contributed by atoms with Gasteiger partial charge in [0.05, 0.1) is 12.7 Å². The van der Waals surface area contributed by atoms with E-state index >= 15 is 0 Å². The van der Waals surface area contributed by atoms with Crippen LogP contribution in [-0.2, 0) is 4.74 Å². The summed E-state index contributed by atoms with van der Waals surface area (Å²) in [5.74, 6) is 0.106. The van der Waals surface area contributed by atoms with E-state index < -0.39 is 0 Å². The molecular weight excluding hydrogens is 180 g/mol. The van der Waals surface area contributed by atoms with Gasteiger partial charge in [0.25, 0.3) is 0 Å². The topological polar surface area (TPSA) is 53.3 Å². The summed E-state index contributed by atoms with van der Waals surface area (Å²) in [4.78, 5) is 13.1. The summed E-state index contributed by atoms with van der Waals surface area (Å²) in [7, 11) is 0. The van der Waals surface area contributed by atoms with Gasteiger partial charge in [-0.25, -0.2) is 4.79 Å². The summed E-state index contributed by atoms with van der Waals surface area (Å²) in [5, 5.41) is 8.76. The highest BCUT2D eigenvalue weighted by molar-refractivity contribution is 5.67. The first-order chi connectivity index (χ1) is 6.77. The van der Waals surface area contributed by atoms with Crippen LogP contribution in [0.15, 0.2) is 0 Å². The Balaban J connectivity index is 2.42. The van der Waals surface area contributed by atoms with Gasteiger partial charge in [0, 0.05) is 19.0 Å². The average molecular weight is 196 g/mol. The van der Waals surface area contributed by atoms with Crippen molar-refractivity contribution < 1.29 is 9.53 Å². The Kier molecular flexibility index (Phi) is 4.24. The molecule has 1 amide bonds. The van der Waals surface area contributed by atoms with E-state index in [4.69, 9.17) is 10.00 Å². The van der Waals surface area contributed by atoms with Gasteiger partial charge in [0.1, 0.15) is 0 Å². The van der Waals surface area contributed by atoms with Crippen LogP contribution in [0, 0.1) is 17.2 Å². The smallest absolute Gasteiger partial charge is 0.409 e. The monoisotopic (exact) mass is 196 g/mol. The number of rotatable bonds is 1. The Labute approximate surface area is 84.4 Å². The predicted molar refractivity (Wildman–Crippen MR) is 51.5 cm³/mol. The molecule has 14 heavy (non-hydrogen) atoms. The molecule has 0 bridgehead atoms. The Hall–Kier alpha value is -1.24. The highest BCUT2D eigenvalue weighted by atomic mass is 16.6. The number of nitriles is 1. The largest absolute Gasteiger partial charge is 0.450 e. The molecule has 0 aromatic carbocycles. The highest BCUT2D eigenvalue weighted by Gasteiger charge is 2.20. The summed E-state index contributed by atoms with van der Waals surface area (Å²) < 4.78 is 4.91. The van der Waals surface area contributed by atoms with E-state index in [9.17, 15) is 4.79 Å². The number of hydrogen-bond acceptors (Lipinski definition) is 3. The van der Waals surface area contributed by atoms with Crippen LogP contribution in [0.5, 0.6) is 0 Å². The number of carbonyl (C=O) groups excluding carboxylic acids is 1. The minimum atomic E-state index is -0.244. The maximum atomic E-state index is 11.4. The molecule has 0 aromatic heterocycles. The predicted octanol–water partition coefficient (Wildman–Crippen LogP) is 1.77. The minimum absolute atomic E-state index is 0.106. The zero-order valence-electron chi connectivity index (χ0n) is 8.53. The number of hydrogen-bond donors (Lipinski definition) is 0. The summed E-state index contributed by atoms with van der Waals surface area (Å²) >= 11 is 0. The Bertz CT molecular complexity index is 235. The molecule has 1 aliphatic heterocycles. The lowest BCUT2D eigenvalue weighted by Crippen LogP contribution is -2.32. The van der Waals surface area contributed by atoms with Gasteiger partial charge in [-0.3, -0.25) is 0 Å². The summed E-state index contributed by atoms with van der Waals surface area (Å²) in [6.45, 7) is 3.58. The molecule has 1 atom stereocenters. The molecule has 4 heteroatoms. The lowest BCUT2D eigenvalue weighted by molar-refractivity contribution is 0.108. The maximum absolute atomic E-state index is 11.4. The van der Waals surface area contributed by atoms with E-state index in [-0.39, 0.29) is 12.0 Å². The number of nitrogens with zero attached hydrogens (tertiary/aromatic N) is 2. The van der Waals surface area contributed by atoms with Gasteiger partial charge in [-0.05, 0) is 26.2 Å². The molecule has 0 aromatic rings. The van der Waals surface area contributed by atoms with Gasteiger partial charge in [-0.2, -0.15) is 5.26 Å². The molecule has 1 rings (SSSR count). The van der Waals surface area contributed by atoms with Crippen LogP contribution < -0.4 is 0 Å². The van der Waals surface area contributed by atoms with E-state index in [1.165, 1.54) is 0 Å². The fraction of sp³-hybridized carbons (Fsp3) is 0.800. The Morgan fingerprint density at radius 2 is 2.36 bits per heavy atom. The van der Waals surface area contributed by atoms with Crippen LogP contribution in [-0.4, -0.2) is 30.7 Å². The van der Waals surface area contributed by atoms with Crippen LogP contribution in [0.2, 0.25) is 0 Å². The summed E-state index contributed by atoms with van der Waals surface area (Å²) in [6, 6.07) is 2.26. The van der Waals surface area contributed by atoms with E-state index in [0.29, 0.717) is 13.2 Å². The second-order valence-corrected chi connectivity index (χ2v) is 3.44. The van der Waals surface area contributed by atoms with Crippen molar-refractivity contribution in [3.05, 3.63) is 0 Å². The quantitative estimate of drug-likeness (QED) is 0.642. The molecule has 1 fully saturated rings. The molecule has 1 saturated heterocycles. The first-order valence-electron chi connectivity index (χ1n) is 5.09. The molecule has 1 unspecified atom stereocenters. The number of amides is 1. The molecule has 0 N–H and O–H groups in total. The third-order valence-corrected chi connectivity index (χ3v) is 2.44. The van der Waals surface area contributed by atoms with Crippen LogP contribution in [0.4, 0.5) is 4.79 Å². The van der Waals surface area contributed by atoms with Crippen molar-refractivity contribution in [1.82, 2.24) is 4.90 Å². The maximum Gasteiger partial charge on any atom is 0.409 e. The van der Waals surface area contributed by atoms with Gasteiger partial charge in [0.2, 0.25) is 0 Å². The van der Waals surface area contributed by atoms with E-state index in [0.717, 1.165) is 25.8 Å². The summed E-state index contributed by atoms with van der Waals surface area (Å²) in [6.07, 6.45) is 2.32. The zero-order valence-corrected chi connectivity index (χ0v) is 8.53. The molecule has 0 aliphatic carbocycles. The lowest BCUT2D eigenvalue weighted by atomic mass is 10.0. The SMILES string of the molecule is CCOC(=O)N1CCCC(C#N)CC1. The normalized spacial score (nSPS) is 22.3. The Morgan fingerprint density at radius 1 is 1.57 bits per heavy atom. The molecule has 0 radical (unpaired) electrons. The molecule has 1 aliphatic rings. The van der Waals surface area contributed by atoms with E-state index in [1.807, 2.05) is 0 Å². The molecule has 0 spiro atoms. The van der Waals surface area contributed by atoms with Crippen LogP contribution >= 0.6 is 0 Å². The summed E-state index contributed by atoms with van der Waals surface area (Å²) in [5.41, 5.74) is 0. The van der Waals surface area contributed by atoms with E-state index in [1.54, 1.807) is 11.8 Å². The van der Waals surface area contributed by atoms with Crippen molar-refractivity contribution in [2.45, 2.75) is 26.2 Å². The molecule has 78 valence electrons. The Morgan fingerprint density at radius 3 is 3.00 bits per heavy atom. The standard InChI is InChI=1S/C10H16N2O2/c1-2-14-10(13)12-6-3-4-9(8-11)5-7-12/h9H,2-7H2,1H3. The second kappa shape index (κ2) is 5.48. The van der Waals surface area contributed by atoms with Crippen molar-refractivity contribution in [3.63, 3.8) is 0 Å². The van der Waals surface area contributed by atoms with Gasteiger partial charge in [-0.1, -0.05) is 0 Å². The average Bonchev–Trinajstić information content (AvgIpc) is 2.42. The molecule has 4 nitrogen and oxygen atoms in total. The van der Waals surface area contributed by atoms with Crippen molar-refractivity contribution >= 4 is 6.09 Å². The first kappa shape index (κ1) is 10.8. The zero-order chi connectivity index (χ0) is 10.4. The van der Waals surface area contributed by atoms with Crippen LogP contribution in [0.25, 0.3) is 0 Å². The van der Waals surface area contributed by atoms with Gasteiger partial charge < -0.3 is 9.64 Å². The van der Waals surface area contributed by atoms with Crippen molar-refractivity contribution in [2.24, 2.45) is 5.92 Å². The second-order valence-electron chi connectivity index (χ2n) is 3.44. The fourth-order valence-corrected chi connectivity index (χ4v) is 1.62. The van der Waals surface area contributed by atoms with Crippen LogP contribution in [0.3, 0.4) is 0 Å². The third kappa shape index (κ3) is 2.91. The van der Waals surface area contributed by atoms with E-state index in [2.05, 4.69) is 6.07 Å². The van der Waals surface area contributed by atoms with Gasteiger partial charge >= 0.3 is 6.09 Å². The molecule has 0 saturated carbocycles. The lowest BCUT2D eigenvalue weighted by Gasteiger charge is -2.18. The minimum Gasteiger partial charge on any atom is -0.450 e. The van der Waals surface area contributed by atoms with Crippen molar-refractivity contribution in [1.29, 1.82) is 5.26 Å². The number of likely N-dealkylation sites (tertiary alicyclic amines) is 1. The number of ether oxygens (including phenoxy) is 1. The fourth-order valence-electron chi connectivity index (χ4n) is 1.62. The van der Waals surface area contributed by atoms with Crippen molar-refractivity contribution in [2.75, 3.05) is 19.7 Å². The van der Waals surface area contributed by atoms with Gasteiger partial charge in [0.15, 0.2) is 0 Å². The van der Waals surface area contributed by atoms with Crippen molar-refractivity contribution in [3.8, 4) is 6.07 Å². The molecular formula is C10H16N2O2.